The lowest BCUT2D eigenvalue weighted by molar-refractivity contribution is -0.118. The Morgan fingerprint density at radius 2 is 2.06 bits per heavy atom. The Bertz CT molecular complexity index is 426. The van der Waals surface area contributed by atoms with Gasteiger partial charge in [0.05, 0.1) is 12.3 Å². The third kappa shape index (κ3) is 3.18. The molecule has 0 aliphatic heterocycles. The third-order valence-corrected chi connectivity index (χ3v) is 1.98. The molecule has 1 atom stereocenters. The van der Waals surface area contributed by atoms with Gasteiger partial charge in [-0.3, -0.25) is 4.79 Å². The van der Waals surface area contributed by atoms with Gasteiger partial charge in [0.1, 0.15) is 6.04 Å². The minimum atomic E-state index is -1.65. The number of halogens is 3. The molecule has 1 rings (SSSR count). The van der Waals surface area contributed by atoms with E-state index in [9.17, 15) is 18.0 Å². The van der Waals surface area contributed by atoms with E-state index in [-0.39, 0.29) is 6.61 Å². The molecule has 3 N–H and O–H groups in total. The van der Waals surface area contributed by atoms with Crippen LogP contribution in [0.3, 0.4) is 0 Å². The van der Waals surface area contributed by atoms with Gasteiger partial charge in [0, 0.05) is 7.11 Å². The molecule has 0 aromatic heterocycles. The number of hydrogen-bond donors (Lipinski definition) is 2. The number of nitrogens with two attached hydrogens (primary N) is 1. The van der Waals surface area contributed by atoms with E-state index in [0.29, 0.717) is 6.07 Å². The molecule has 1 aromatic rings. The Labute approximate surface area is 95.6 Å². The monoisotopic (exact) mass is 248 g/mol. The summed E-state index contributed by atoms with van der Waals surface area (Å²) in [4.78, 5) is 11.4. The zero-order valence-electron chi connectivity index (χ0n) is 8.97. The second kappa shape index (κ2) is 5.65. The molecule has 1 amide bonds. The van der Waals surface area contributed by atoms with E-state index in [4.69, 9.17) is 5.73 Å². The van der Waals surface area contributed by atoms with Gasteiger partial charge in [0.25, 0.3) is 0 Å². The minimum absolute atomic E-state index is 0.0723. The van der Waals surface area contributed by atoms with E-state index in [2.05, 4.69) is 4.74 Å². The van der Waals surface area contributed by atoms with Gasteiger partial charge in [-0.2, -0.15) is 0 Å². The van der Waals surface area contributed by atoms with E-state index in [1.807, 2.05) is 5.32 Å². The normalized spacial score (nSPS) is 12.3. The summed E-state index contributed by atoms with van der Waals surface area (Å²) in [6.07, 6.45) is 0. The van der Waals surface area contributed by atoms with Crippen LogP contribution in [-0.4, -0.2) is 25.7 Å². The van der Waals surface area contributed by atoms with Crippen molar-refractivity contribution in [3.05, 3.63) is 29.6 Å². The summed E-state index contributed by atoms with van der Waals surface area (Å²) >= 11 is 0. The molecule has 4 nitrogen and oxygen atoms in total. The van der Waals surface area contributed by atoms with Gasteiger partial charge >= 0.3 is 0 Å². The predicted molar refractivity (Wildman–Crippen MR) is 54.8 cm³/mol. The first-order valence-corrected chi connectivity index (χ1v) is 4.66. The molecule has 0 spiro atoms. The number of amides is 1. The second-order valence-corrected chi connectivity index (χ2v) is 3.27. The molecule has 7 heteroatoms. The summed E-state index contributed by atoms with van der Waals surface area (Å²) < 4.78 is 43.2. The van der Waals surface area contributed by atoms with E-state index in [1.54, 1.807) is 0 Å². The van der Waals surface area contributed by atoms with Crippen molar-refractivity contribution in [2.45, 2.75) is 6.04 Å². The highest BCUT2D eigenvalue weighted by atomic mass is 19.2. The Morgan fingerprint density at radius 3 is 2.65 bits per heavy atom. The van der Waals surface area contributed by atoms with Gasteiger partial charge < -0.3 is 15.8 Å². The number of carbonyl (C=O) groups is 1. The van der Waals surface area contributed by atoms with Crippen molar-refractivity contribution >= 4 is 11.6 Å². The van der Waals surface area contributed by atoms with E-state index in [1.165, 1.54) is 7.11 Å². The largest absolute Gasteiger partial charge is 0.383 e. The molecule has 0 radical (unpaired) electrons. The van der Waals surface area contributed by atoms with Crippen LogP contribution in [0.25, 0.3) is 0 Å². The summed E-state index contributed by atoms with van der Waals surface area (Å²) in [7, 11) is 1.34. The van der Waals surface area contributed by atoms with Gasteiger partial charge in [-0.1, -0.05) is 0 Å². The molecular formula is C10H11F3N2O2. The van der Waals surface area contributed by atoms with Crippen LogP contribution in [0.1, 0.15) is 0 Å². The van der Waals surface area contributed by atoms with Gasteiger partial charge in [-0.15, -0.1) is 0 Å². The highest BCUT2D eigenvalue weighted by Crippen LogP contribution is 2.19. The van der Waals surface area contributed by atoms with Crippen molar-refractivity contribution in [3.8, 4) is 0 Å². The number of methoxy groups -OCH3 is 1. The van der Waals surface area contributed by atoms with Crippen molar-refractivity contribution in [3.63, 3.8) is 0 Å². The van der Waals surface area contributed by atoms with Crippen LogP contribution in [-0.2, 0) is 9.53 Å². The SMILES string of the molecule is COCC(N)C(=O)Nc1ccc(F)c(F)c1F. The quantitative estimate of drug-likeness (QED) is 0.782. The first kappa shape index (κ1) is 13.5. The predicted octanol–water partition coefficient (Wildman–Crippen LogP) is 1.02. The highest BCUT2D eigenvalue weighted by molar-refractivity contribution is 5.94. The maximum absolute atomic E-state index is 13.2. The molecule has 0 heterocycles. The number of rotatable bonds is 4. The number of anilines is 1. The number of nitrogens with one attached hydrogen (secondary N) is 1. The van der Waals surface area contributed by atoms with Crippen LogP contribution in [0, 0.1) is 17.5 Å². The van der Waals surface area contributed by atoms with Crippen LogP contribution in [0.15, 0.2) is 12.1 Å². The van der Waals surface area contributed by atoms with Crippen LogP contribution >= 0.6 is 0 Å². The van der Waals surface area contributed by atoms with Gasteiger partial charge in [-0.25, -0.2) is 13.2 Å². The Morgan fingerprint density at radius 1 is 1.41 bits per heavy atom. The first-order valence-electron chi connectivity index (χ1n) is 4.66. The van der Waals surface area contributed by atoms with E-state index >= 15 is 0 Å². The number of benzene rings is 1. The fourth-order valence-electron chi connectivity index (χ4n) is 1.10. The standard InChI is InChI=1S/C10H11F3N2O2/c1-17-4-6(14)10(16)15-7-3-2-5(11)8(12)9(7)13/h2-3,6H,4,14H2,1H3,(H,15,16). The second-order valence-electron chi connectivity index (χ2n) is 3.27. The van der Waals surface area contributed by atoms with Crippen LogP contribution in [0.5, 0.6) is 0 Å². The summed E-state index contributed by atoms with van der Waals surface area (Å²) in [6, 6.07) is 0.591. The van der Waals surface area contributed by atoms with Crippen molar-refractivity contribution < 1.29 is 22.7 Å². The van der Waals surface area contributed by atoms with Crippen LogP contribution < -0.4 is 11.1 Å². The molecular weight excluding hydrogens is 237 g/mol. The summed E-state index contributed by atoms with van der Waals surface area (Å²) in [6.45, 7) is -0.0723. The smallest absolute Gasteiger partial charge is 0.243 e. The van der Waals surface area contributed by atoms with E-state index in [0.717, 1.165) is 6.07 Å². The third-order valence-electron chi connectivity index (χ3n) is 1.98. The lowest BCUT2D eigenvalue weighted by Crippen LogP contribution is -2.39. The van der Waals surface area contributed by atoms with Gasteiger partial charge in [-0.05, 0) is 12.1 Å². The molecule has 1 aromatic carbocycles. The molecule has 0 fully saturated rings. The zero-order chi connectivity index (χ0) is 13.0. The van der Waals surface area contributed by atoms with Crippen molar-refractivity contribution in [2.24, 2.45) is 5.73 Å². The molecule has 0 saturated carbocycles. The average Bonchev–Trinajstić information content (AvgIpc) is 2.30. The molecule has 0 saturated heterocycles. The van der Waals surface area contributed by atoms with Crippen molar-refractivity contribution in [2.75, 3.05) is 19.0 Å². The maximum Gasteiger partial charge on any atom is 0.243 e. The van der Waals surface area contributed by atoms with Crippen molar-refractivity contribution in [1.82, 2.24) is 0 Å². The Balaban J connectivity index is 2.82. The minimum Gasteiger partial charge on any atom is -0.383 e. The highest BCUT2D eigenvalue weighted by Gasteiger charge is 2.18. The average molecular weight is 248 g/mol. The Kier molecular flexibility index (Phi) is 4.47. The van der Waals surface area contributed by atoms with Gasteiger partial charge in [0.2, 0.25) is 5.91 Å². The molecule has 1 unspecified atom stereocenters. The van der Waals surface area contributed by atoms with Crippen molar-refractivity contribution in [1.29, 1.82) is 0 Å². The Hall–Kier alpha value is -1.60. The maximum atomic E-state index is 13.2. The molecule has 94 valence electrons. The topological polar surface area (TPSA) is 64.3 Å². The first-order chi connectivity index (χ1) is 7.97. The number of ether oxygens (including phenoxy) is 1. The lowest BCUT2D eigenvalue weighted by atomic mass is 10.2. The lowest BCUT2D eigenvalue weighted by Gasteiger charge is -2.12. The summed E-state index contributed by atoms with van der Waals surface area (Å²) in [5.74, 6) is -5.20. The van der Waals surface area contributed by atoms with Crippen LogP contribution in [0.2, 0.25) is 0 Å². The molecule has 0 aliphatic rings. The summed E-state index contributed by atoms with van der Waals surface area (Å²) in [5, 5.41) is 2.04. The van der Waals surface area contributed by atoms with Gasteiger partial charge in [0.15, 0.2) is 17.5 Å². The fraction of sp³-hybridized carbons (Fsp3) is 0.300. The number of carbonyl (C=O) groups excluding carboxylic acids is 1. The van der Waals surface area contributed by atoms with E-state index < -0.39 is 35.1 Å². The molecule has 0 aliphatic carbocycles. The summed E-state index contributed by atoms with van der Waals surface area (Å²) in [5.41, 5.74) is 4.89. The molecule has 0 bridgehead atoms. The van der Waals surface area contributed by atoms with Crippen LogP contribution in [0.4, 0.5) is 18.9 Å². The molecule has 17 heavy (non-hydrogen) atoms. The fourth-order valence-corrected chi connectivity index (χ4v) is 1.10. The zero-order valence-corrected chi connectivity index (χ0v) is 8.97. The number of hydrogen-bond acceptors (Lipinski definition) is 3.